The molecule has 1 aliphatic heterocycles. The molecule has 1 fully saturated rings. The van der Waals surface area contributed by atoms with Crippen molar-refractivity contribution in [1.29, 1.82) is 0 Å². The van der Waals surface area contributed by atoms with Crippen LogP contribution in [-0.4, -0.2) is 31.1 Å². The number of hydrogen-bond acceptors (Lipinski definition) is 2. The summed E-state index contributed by atoms with van der Waals surface area (Å²) < 4.78 is 0. The van der Waals surface area contributed by atoms with Crippen LogP contribution in [0.25, 0.3) is 0 Å². The van der Waals surface area contributed by atoms with Crippen molar-refractivity contribution < 1.29 is 0 Å². The van der Waals surface area contributed by atoms with Crippen molar-refractivity contribution >= 4 is 0 Å². The summed E-state index contributed by atoms with van der Waals surface area (Å²) >= 11 is 0. The molecule has 18 heavy (non-hydrogen) atoms. The van der Waals surface area contributed by atoms with Crippen LogP contribution >= 0.6 is 0 Å². The van der Waals surface area contributed by atoms with Gasteiger partial charge in [0, 0.05) is 19.6 Å². The molecule has 1 saturated heterocycles. The topological polar surface area (TPSA) is 15.3 Å². The average molecular weight is 246 g/mol. The van der Waals surface area contributed by atoms with E-state index in [2.05, 4.69) is 47.5 Å². The number of nitrogens with zero attached hydrogens (tertiary/aromatic N) is 1. The van der Waals surface area contributed by atoms with E-state index in [1.54, 1.807) is 0 Å². The Kier molecular flexibility index (Phi) is 5.69. The third-order valence-corrected chi connectivity index (χ3v) is 4.06. The van der Waals surface area contributed by atoms with Crippen LogP contribution < -0.4 is 5.32 Å². The molecule has 0 atom stereocenters. The normalized spacial score (nSPS) is 18.1. The van der Waals surface area contributed by atoms with Gasteiger partial charge < -0.3 is 10.2 Å². The van der Waals surface area contributed by atoms with E-state index in [0.29, 0.717) is 0 Å². The molecule has 0 bridgehead atoms. The van der Waals surface area contributed by atoms with Gasteiger partial charge in [-0.2, -0.15) is 0 Å². The van der Waals surface area contributed by atoms with Crippen molar-refractivity contribution in [3.05, 3.63) is 35.9 Å². The molecule has 0 spiro atoms. The van der Waals surface area contributed by atoms with E-state index in [1.807, 2.05) is 0 Å². The van der Waals surface area contributed by atoms with E-state index in [9.17, 15) is 0 Å². The highest BCUT2D eigenvalue weighted by atomic mass is 15.1. The Morgan fingerprint density at radius 3 is 2.56 bits per heavy atom. The third kappa shape index (κ3) is 4.43. The van der Waals surface area contributed by atoms with Crippen LogP contribution in [0, 0.1) is 5.92 Å². The maximum Gasteiger partial charge on any atom is 0.0206 e. The van der Waals surface area contributed by atoms with Crippen LogP contribution in [0.1, 0.15) is 31.7 Å². The molecule has 2 rings (SSSR count). The minimum atomic E-state index is 0.985. The quantitative estimate of drug-likeness (QED) is 0.776. The monoisotopic (exact) mass is 246 g/mol. The highest BCUT2D eigenvalue weighted by Gasteiger charge is 2.16. The second-order valence-corrected chi connectivity index (χ2v) is 5.36. The standard InChI is InChI=1S/C16H26N2/c1-2-15-8-11-18(12-9-15)13-10-17-14-16-6-4-3-5-7-16/h3-7,15,17H,2,8-14H2,1H3. The zero-order chi connectivity index (χ0) is 12.6. The van der Waals surface area contributed by atoms with Gasteiger partial charge >= 0.3 is 0 Å². The van der Waals surface area contributed by atoms with E-state index in [4.69, 9.17) is 0 Å². The second kappa shape index (κ2) is 7.55. The van der Waals surface area contributed by atoms with Gasteiger partial charge in [0.05, 0.1) is 0 Å². The maximum atomic E-state index is 3.53. The van der Waals surface area contributed by atoms with Crippen LogP contribution in [-0.2, 0) is 6.54 Å². The van der Waals surface area contributed by atoms with Crippen molar-refractivity contribution in [3.8, 4) is 0 Å². The highest BCUT2D eigenvalue weighted by molar-refractivity contribution is 5.14. The third-order valence-electron chi connectivity index (χ3n) is 4.06. The lowest BCUT2D eigenvalue weighted by Crippen LogP contribution is -2.38. The Morgan fingerprint density at radius 1 is 1.17 bits per heavy atom. The molecule has 1 aliphatic rings. The van der Waals surface area contributed by atoms with Gasteiger partial charge in [0.1, 0.15) is 0 Å². The molecule has 1 aromatic rings. The summed E-state index contributed by atoms with van der Waals surface area (Å²) in [6, 6.07) is 10.6. The van der Waals surface area contributed by atoms with E-state index in [0.717, 1.165) is 19.0 Å². The van der Waals surface area contributed by atoms with Crippen molar-refractivity contribution in [2.24, 2.45) is 5.92 Å². The van der Waals surface area contributed by atoms with Crippen LogP contribution in [0.4, 0.5) is 0 Å². The summed E-state index contributed by atoms with van der Waals surface area (Å²) in [6.07, 6.45) is 4.16. The summed E-state index contributed by atoms with van der Waals surface area (Å²) in [6.45, 7) is 8.21. The number of nitrogens with one attached hydrogen (secondary N) is 1. The summed E-state index contributed by atoms with van der Waals surface area (Å²) in [5, 5.41) is 3.53. The lowest BCUT2D eigenvalue weighted by atomic mass is 9.94. The smallest absolute Gasteiger partial charge is 0.0206 e. The van der Waals surface area contributed by atoms with Gasteiger partial charge in [-0.3, -0.25) is 0 Å². The van der Waals surface area contributed by atoms with Crippen LogP contribution in [0.2, 0.25) is 0 Å². The molecule has 2 nitrogen and oxygen atoms in total. The fourth-order valence-electron chi connectivity index (χ4n) is 2.68. The van der Waals surface area contributed by atoms with E-state index >= 15 is 0 Å². The minimum Gasteiger partial charge on any atom is -0.311 e. The van der Waals surface area contributed by atoms with E-state index < -0.39 is 0 Å². The predicted molar refractivity (Wildman–Crippen MR) is 77.6 cm³/mol. The van der Waals surface area contributed by atoms with Gasteiger partial charge in [-0.25, -0.2) is 0 Å². The van der Waals surface area contributed by atoms with Crippen molar-refractivity contribution in [1.82, 2.24) is 10.2 Å². The van der Waals surface area contributed by atoms with Crippen molar-refractivity contribution in [3.63, 3.8) is 0 Å². The Bertz CT molecular complexity index is 315. The average Bonchev–Trinajstić information content (AvgIpc) is 2.45. The fraction of sp³-hybridized carbons (Fsp3) is 0.625. The summed E-state index contributed by atoms with van der Waals surface area (Å²) in [5.74, 6) is 0.985. The Morgan fingerprint density at radius 2 is 1.89 bits per heavy atom. The predicted octanol–water partition coefficient (Wildman–Crippen LogP) is 2.90. The van der Waals surface area contributed by atoms with E-state index in [1.165, 1.54) is 44.5 Å². The van der Waals surface area contributed by atoms with Crippen molar-refractivity contribution in [2.45, 2.75) is 32.7 Å². The number of benzene rings is 1. The lowest BCUT2D eigenvalue weighted by Gasteiger charge is -2.31. The Balaban J connectivity index is 1.56. The number of piperidine rings is 1. The first-order valence-electron chi connectivity index (χ1n) is 7.35. The van der Waals surface area contributed by atoms with Gasteiger partial charge in [-0.05, 0) is 37.4 Å². The molecule has 0 amide bonds. The molecule has 0 saturated carbocycles. The summed E-state index contributed by atoms with van der Waals surface area (Å²) in [5.41, 5.74) is 1.38. The number of rotatable bonds is 6. The zero-order valence-corrected chi connectivity index (χ0v) is 11.6. The molecular formula is C16H26N2. The SMILES string of the molecule is CCC1CCN(CCNCc2ccccc2)CC1. The molecule has 100 valence electrons. The fourth-order valence-corrected chi connectivity index (χ4v) is 2.68. The van der Waals surface area contributed by atoms with Crippen LogP contribution in [0.15, 0.2) is 30.3 Å². The molecule has 1 aromatic carbocycles. The second-order valence-electron chi connectivity index (χ2n) is 5.36. The first-order chi connectivity index (χ1) is 8.88. The Hall–Kier alpha value is -0.860. The highest BCUT2D eigenvalue weighted by Crippen LogP contribution is 2.19. The first kappa shape index (κ1) is 13.6. The molecule has 0 aliphatic carbocycles. The summed E-state index contributed by atoms with van der Waals surface area (Å²) in [7, 11) is 0. The first-order valence-corrected chi connectivity index (χ1v) is 7.35. The number of hydrogen-bond donors (Lipinski definition) is 1. The number of likely N-dealkylation sites (tertiary alicyclic amines) is 1. The largest absolute Gasteiger partial charge is 0.311 e. The minimum absolute atomic E-state index is 0.985. The Labute approximate surface area is 111 Å². The van der Waals surface area contributed by atoms with Crippen LogP contribution in [0.3, 0.4) is 0 Å². The molecule has 1 heterocycles. The van der Waals surface area contributed by atoms with Gasteiger partial charge in [-0.15, -0.1) is 0 Å². The van der Waals surface area contributed by atoms with Crippen molar-refractivity contribution in [2.75, 3.05) is 26.2 Å². The molecule has 1 N–H and O–H groups in total. The van der Waals surface area contributed by atoms with Gasteiger partial charge in [0.15, 0.2) is 0 Å². The van der Waals surface area contributed by atoms with Gasteiger partial charge in [-0.1, -0.05) is 43.7 Å². The van der Waals surface area contributed by atoms with E-state index in [-0.39, 0.29) is 0 Å². The molecule has 0 radical (unpaired) electrons. The van der Waals surface area contributed by atoms with Crippen LogP contribution in [0.5, 0.6) is 0 Å². The zero-order valence-electron chi connectivity index (χ0n) is 11.6. The lowest BCUT2D eigenvalue weighted by molar-refractivity contribution is 0.182. The van der Waals surface area contributed by atoms with Gasteiger partial charge in [0.2, 0.25) is 0 Å². The van der Waals surface area contributed by atoms with Gasteiger partial charge in [0.25, 0.3) is 0 Å². The molecule has 0 aromatic heterocycles. The molecule has 0 unspecified atom stereocenters. The molecule has 2 heteroatoms. The maximum absolute atomic E-state index is 3.53. The molecular weight excluding hydrogens is 220 g/mol. The summed E-state index contributed by atoms with van der Waals surface area (Å²) in [4.78, 5) is 2.60.